The van der Waals surface area contributed by atoms with Crippen LogP contribution in [0, 0.1) is 0 Å². The Balaban J connectivity index is 2.29. The lowest BCUT2D eigenvalue weighted by molar-refractivity contribution is 0.133. The van der Waals surface area contributed by atoms with Crippen LogP contribution < -0.4 is 10.4 Å². The Hall–Kier alpha value is -2.27. The Labute approximate surface area is 109 Å². The van der Waals surface area contributed by atoms with Gasteiger partial charge in [0.25, 0.3) is 0 Å². The predicted octanol–water partition coefficient (Wildman–Crippen LogP) is 1.81. The summed E-state index contributed by atoms with van der Waals surface area (Å²) in [4.78, 5) is 11.0. The van der Waals surface area contributed by atoms with E-state index in [1.165, 1.54) is 12.1 Å². The molecule has 5 nitrogen and oxygen atoms in total. The van der Waals surface area contributed by atoms with Crippen LogP contribution in [0.5, 0.6) is 11.5 Å². The van der Waals surface area contributed by atoms with Crippen molar-refractivity contribution in [3.05, 3.63) is 46.8 Å². The minimum Gasteiger partial charge on any atom is -0.504 e. The fraction of sp³-hybridized carbons (Fsp3) is 0.214. The van der Waals surface area contributed by atoms with E-state index in [4.69, 9.17) is 9.15 Å². The maximum atomic E-state index is 11.0. The van der Waals surface area contributed by atoms with Crippen molar-refractivity contribution in [3.63, 3.8) is 0 Å². The highest BCUT2D eigenvalue weighted by Gasteiger charge is 2.10. The van der Waals surface area contributed by atoms with Crippen molar-refractivity contribution in [1.29, 1.82) is 0 Å². The summed E-state index contributed by atoms with van der Waals surface area (Å²) in [6, 6.07) is 5.70. The SMILES string of the molecule is C=C(C)[C@H](O)COc1cc2ccc(=O)oc2cc1O. The number of fused-ring (bicyclic) bond motifs is 1. The predicted molar refractivity (Wildman–Crippen MR) is 70.5 cm³/mol. The van der Waals surface area contributed by atoms with Crippen molar-refractivity contribution in [2.75, 3.05) is 6.61 Å². The molecule has 100 valence electrons. The molecule has 0 unspecified atom stereocenters. The van der Waals surface area contributed by atoms with Crippen LogP contribution >= 0.6 is 0 Å². The lowest BCUT2D eigenvalue weighted by atomic mass is 10.2. The van der Waals surface area contributed by atoms with Gasteiger partial charge in [-0.2, -0.15) is 0 Å². The molecule has 2 N–H and O–H groups in total. The molecule has 0 spiro atoms. The van der Waals surface area contributed by atoms with Crippen molar-refractivity contribution in [2.24, 2.45) is 0 Å². The Kier molecular flexibility index (Phi) is 3.57. The van der Waals surface area contributed by atoms with Gasteiger partial charge in [-0.25, -0.2) is 4.79 Å². The van der Waals surface area contributed by atoms with Crippen LogP contribution in [0.3, 0.4) is 0 Å². The van der Waals surface area contributed by atoms with Gasteiger partial charge in [-0.3, -0.25) is 0 Å². The van der Waals surface area contributed by atoms with Gasteiger partial charge in [0.2, 0.25) is 0 Å². The Morgan fingerprint density at radius 2 is 2.21 bits per heavy atom. The Morgan fingerprint density at radius 1 is 1.47 bits per heavy atom. The molecule has 19 heavy (non-hydrogen) atoms. The lowest BCUT2D eigenvalue weighted by Gasteiger charge is -2.13. The quantitative estimate of drug-likeness (QED) is 0.649. The topological polar surface area (TPSA) is 79.9 Å². The average Bonchev–Trinajstić information content (AvgIpc) is 2.35. The number of ether oxygens (including phenoxy) is 1. The molecule has 1 heterocycles. The Morgan fingerprint density at radius 3 is 2.89 bits per heavy atom. The van der Waals surface area contributed by atoms with Gasteiger partial charge in [-0.1, -0.05) is 6.58 Å². The van der Waals surface area contributed by atoms with E-state index >= 15 is 0 Å². The number of phenols is 1. The minimum atomic E-state index is -0.802. The van der Waals surface area contributed by atoms with Crippen LogP contribution in [0.4, 0.5) is 0 Å². The van der Waals surface area contributed by atoms with E-state index in [9.17, 15) is 15.0 Å². The normalized spacial score (nSPS) is 12.3. The zero-order valence-electron chi connectivity index (χ0n) is 10.4. The second-order valence-corrected chi connectivity index (χ2v) is 4.29. The molecule has 1 atom stereocenters. The van der Waals surface area contributed by atoms with Gasteiger partial charge >= 0.3 is 5.63 Å². The van der Waals surface area contributed by atoms with E-state index in [2.05, 4.69) is 6.58 Å². The third-order valence-corrected chi connectivity index (χ3v) is 2.67. The molecule has 5 heteroatoms. The summed E-state index contributed by atoms with van der Waals surface area (Å²) in [5, 5.41) is 19.9. The molecular formula is C14H14O5. The summed E-state index contributed by atoms with van der Waals surface area (Å²) >= 11 is 0. The number of aliphatic hydroxyl groups excluding tert-OH is 1. The smallest absolute Gasteiger partial charge is 0.336 e. The molecule has 0 saturated heterocycles. The van der Waals surface area contributed by atoms with E-state index in [-0.39, 0.29) is 23.7 Å². The first-order valence-electron chi connectivity index (χ1n) is 5.70. The van der Waals surface area contributed by atoms with E-state index in [0.29, 0.717) is 11.0 Å². The number of aromatic hydroxyl groups is 1. The standard InChI is InChI=1S/C14H14O5/c1-8(2)11(16)7-18-13-5-9-3-4-14(17)19-12(9)6-10(13)15/h3-6,11,15-16H,1,7H2,2H3/t11-/m1/s1. The molecule has 0 aliphatic rings. The molecule has 0 bridgehead atoms. The van der Waals surface area contributed by atoms with Gasteiger partial charge in [-0.15, -0.1) is 0 Å². The van der Waals surface area contributed by atoms with Crippen LogP contribution in [0.2, 0.25) is 0 Å². The van der Waals surface area contributed by atoms with Crippen LogP contribution in [-0.2, 0) is 0 Å². The fourth-order valence-electron chi connectivity index (χ4n) is 1.51. The van der Waals surface area contributed by atoms with Crippen LogP contribution in [0.25, 0.3) is 11.0 Å². The maximum absolute atomic E-state index is 11.0. The van der Waals surface area contributed by atoms with Gasteiger partial charge in [0.1, 0.15) is 18.3 Å². The van der Waals surface area contributed by atoms with Gasteiger partial charge < -0.3 is 19.4 Å². The molecule has 0 aliphatic heterocycles. The lowest BCUT2D eigenvalue weighted by Crippen LogP contribution is -2.18. The molecule has 0 amide bonds. The molecule has 0 fully saturated rings. The second-order valence-electron chi connectivity index (χ2n) is 4.29. The zero-order chi connectivity index (χ0) is 14.0. The van der Waals surface area contributed by atoms with Crippen LogP contribution in [0.1, 0.15) is 6.92 Å². The molecule has 0 aliphatic carbocycles. The van der Waals surface area contributed by atoms with Crippen molar-refractivity contribution < 1.29 is 19.4 Å². The number of benzene rings is 1. The molecular weight excluding hydrogens is 248 g/mol. The third kappa shape index (κ3) is 2.95. The van der Waals surface area contributed by atoms with Crippen LogP contribution in [-0.4, -0.2) is 22.9 Å². The highest BCUT2D eigenvalue weighted by molar-refractivity contribution is 5.80. The number of rotatable bonds is 4. The van der Waals surface area contributed by atoms with E-state index < -0.39 is 11.7 Å². The molecule has 1 aromatic carbocycles. The summed E-state index contributed by atoms with van der Waals surface area (Å²) in [7, 11) is 0. The number of aliphatic hydroxyl groups is 1. The fourth-order valence-corrected chi connectivity index (χ4v) is 1.51. The minimum absolute atomic E-state index is 0.00875. The highest BCUT2D eigenvalue weighted by Crippen LogP contribution is 2.30. The highest BCUT2D eigenvalue weighted by atomic mass is 16.5. The first-order chi connectivity index (χ1) is 8.97. The monoisotopic (exact) mass is 262 g/mol. The van der Waals surface area contributed by atoms with Gasteiger partial charge in [0, 0.05) is 17.5 Å². The molecule has 2 rings (SSSR count). The van der Waals surface area contributed by atoms with E-state index in [1.807, 2.05) is 0 Å². The Bertz CT molecular complexity index is 671. The number of phenolic OH excluding ortho intramolecular Hbond substituents is 1. The number of hydrogen-bond acceptors (Lipinski definition) is 5. The van der Waals surface area contributed by atoms with Crippen molar-refractivity contribution >= 4 is 11.0 Å². The summed E-state index contributed by atoms with van der Waals surface area (Å²) in [5.41, 5.74) is 0.363. The van der Waals surface area contributed by atoms with Crippen molar-refractivity contribution in [1.82, 2.24) is 0 Å². The maximum Gasteiger partial charge on any atom is 0.336 e. The van der Waals surface area contributed by atoms with E-state index in [0.717, 1.165) is 0 Å². The molecule has 0 radical (unpaired) electrons. The largest absolute Gasteiger partial charge is 0.504 e. The summed E-state index contributed by atoms with van der Waals surface area (Å²) in [6.07, 6.45) is -0.802. The van der Waals surface area contributed by atoms with Gasteiger partial charge in [0.15, 0.2) is 11.5 Å². The van der Waals surface area contributed by atoms with Gasteiger partial charge in [0.05, 0.1) is 0 Å². The van der Waals surface area contributed by atoms with Crippen LogP contribution in [0.15, 0.2) is 45.6 Å². The summed E-state index contributed by atoms with van der Waals surface area (Å²) in [6.45, 7) is 5.28. The molecule has 2 aromatic rings. The second kappa shape index (κ2) is 5.16. The van der Waals surface area contributed by atoms with Crippen molar-refractivity contribution in [3.8, 4) is 11.5 Å². The van der Waals surface area contributed by atoms with E-state index in [1.54, 1.807) is 19.1 Å². The molecule has 1 aromatic heterocycles. The zero-order valence-corrected chi connectivity index (χ0v) is 10.4. The molecule has 0 saturated carbocycles. The average molecular weight is 262 g/mol. The summed E-state index contributed by atoms with van der Waals surface area (Å²) < 4.78 is 10.2. The van der Waals surface area contributed by atoms with Gasteiger partial charge in [-0.05, 0) is 24.6 Å². The van der Waals surface area contributed by atoms with Crippen molar-refractivity contribution in [2.45, 2.75) is 13.0 Å². The number of hydrogen-bond donors (Lipinski definition) is 2. The first kappa shape index (κ1) is 13.2. The third-order valence-electron chi connectivity index (χ3n) is 2.67. The summed E-state index contributed by atoms with van der Waals surface area (Å²) in [5.74, 6) is 0.0532. The first-order valence-corrected chi connectivity index (χ1v) is 5.70.